The number of carbonyl (C=O) groups is 1. The molecule has 1 saturated heterocycles. The highest BCUT2D eigenvalue weighted by molar-refractivity contribution is 5.94. The molecule has 142 valence electrons. The predicted molar refractivity (Wildman–Crippen MR) is 103 cm³/mol. The summed E-state index contributed by atoms with van der Waals surface area (Å²) in [5.74, 6) is 1.86. The summed E-state index contributed by atoms with van der Waals surface area (Å²) >= 11 is 0. The van der Waals surface area contributed by atoms with Gasteiger partial charge < -0.3 is 14.5 Å². The van der Waals surface area contributed by atoms with E-state index in [4.69, 9.17) is 9.72 Å². The van der Waals surface area contributed by atoms with E-state index in [-0.39, 0.29) is 11.8 Å². The second-order valence-electron chi connectivity index (χ2n) is 7.51. The Hall–Kier alpha value is -2.47. The van der Waals surface area contributed by atoms with Gasteiger partial charge in [-0.25, -0.2) is 9.97 Å². The van der Waals surface area contributed by atoms with Gasteiger partial charge in [-0.15, -0.1) is 0 Å². The van der Waals surface area contributed by atoms with Crippen LogP contribution in [0.25, 0.3) is 0 Å². The fraction of sp³-hybridized carbons (Fsp3) is 0.476. The number of nitrogens with zero attached hydrogens (tertiary/aromatic N) is 4. The number of hydrogen-bond donors (Lipinski definition) is 0. The number of hydrogen-bond acceptors (Lipinski definition) is 5. The third-order valence-corrected chi connectivity index (χ3v) is 5.53. The van der Waals surface area contributed by atoms with Crippen LogP contribution in [0.2, 0.25) is 0 Å². The molecule has 1 fully saturated rings. The van der Waals surface area contributed by atoms with Gasteiger partial charge in [-0.05, 0) is 38.1 Å². The Kier molecular flexibility index (Phi) is 5.07. The molecule has 1 amide bonds. The Bertz CT molecular complexity index is 839. The molecule has 1 unspecified atom stereocenters. The molecule has 1 atom stereocenters. The number of rotatable bonds is 3. The number of ether oxygens (including phenoxy) is 1. The van der Waals surface area contributed by atoms with Crippen LogP contribution >= 0.6 is 0 Å². The summed E-state index contributed by atoms with van der Waals surface area (Å²) in [4.78, 5) is 26.7. The fourth-order valence-electron chi connectivity index (χ4n) is 3.98. The smallest absolute Gasteiger partial charge is 0.254 e. The Balaban J connectivity index is 1.50. The average molecular weight is 366 g/mol. The number of benzene rings is 1. The lowest BCUT2D eigenvalue weighted by atomic mass is 9.96. The van der Waals surface area contributed by atoms with Crippen molar-refractivity contribution in [1.82, 2.24) is 19.8 Å². The zero-order valence-electron chi connectivity index (χ0n) is 16.0. The number of likely N-dealkylation sites (N-methyl/N-ethyl adjacent to an activating group) is 1. The molecule has 1 aromatic heterocycles. The number of likely N-dealkylation sites (tertiary alicyclic amines) is 1. The summed E-state index contributed by atoms with van der Waals surface area (Å²) in [6, 6.07) is 7.36. The fourth-order valence-corrected chi connectivity index (χ4v) is 3.98. The van der Waals surface area contributed by atoms with Crippen molar-refractivity contribution >= 4 is 5.91 Å². The van der Waals surface area contributed by atoms with Gasteiger partial charge in [-0.3, -0.25) is 4.79 Å². The van der Waals surface area contributed by atoms with Crippen molar-refractivity contribution in [2.75, 3.05) is 33.8 Å². The van der Waals surface area contributed by atoms with Crippen molar-refractivity contribution in [3.8, 4) is 5.75 Å². The Morgan fingerprint density at radius 2 is 2.19 bits per heavy atom. The normalized spacial score (nSPS) is 20.2. The molecule has 6 nitrogen and oxygen atoms in total. The SMILES string of the molecule is COc1cccc(C(=O)N2CCCC(c3ncc4c(n3)CCN(C)C4)C2)c1. The van der Waals surface area contributed by atoms with Crippen LogP contribution in [-0.4, -0.2) is 59.5 Å². The summed E-state index contributed by atoms with van der Waals surface area (Å²) in [6.45, 7) is 3.41. The summed E-state index contributed by atoms with van der Waals surface area (Å²) in [5.41, 5.74) is 3.08. The highest BCUT2D eigenvalue weighted by Crippen LogP contribution is 2.27. The van der Waals surface area contributed by atoms with Crippen LogP contribution in [0.4, 0.5) is 0 Å². The molecule has 0 N–H and O–H groups in total. The predicted octanol–water partition coefficient (Wildman–Crippen LogP) is 2.49. The molecule has 6 heteroatoms. The Labute approximate surface area is 160 Å². The molecule has 0 aliphatic carbocycles. The molecular weight excluding hydrogens is 340 g/mol. The molecule has 0 bridgehead atoms. The molecular formula is C21H26N4O2. The third-order valence-electron chi connectivity index (χ3n) is 5.53. The van der Waals surface area contributed by atoms with Crippen molar-refractivity contribution in [2.45, 2.75) is 31.7 Å². The molecule has 1 aromatic carbocycles. The first kappa shape index (κ1) is 17.9. The second-order valence-corrected chi connectivity index (χ2v) is 7.51. The van der Waals surface area contributed by atoms with Gasteiger partial charge in [0, 0.05) is 61.5 Å². The maximum Gasteiger partial charge on any atom is 0.254 e. The van der Waals surface area contributed by atoms with Gasteiger partial charge in [0.25, 0.3) is 5.91 Å². The summed E-state index contributed by atoms with van der Waals surface area (Å²) in [6.07, 6.45) is 4.96. The largest absolute Gasteiger partial charge is 0.497 e. The van der Waals surface area contributed by atoms with E-state index in [1.54, 1.807) is 13.2 Å². The van der Waals surface area contributed by atoms with Crippen LogP contribution in [0.15, 0.2) is 30.5 Å². The number of fused-ring (bicyclic) bond motifs is 1. The third kappa shape index (κ3) is 3.81. The average Bonchev–Trinajstić information content (AvgIpc) is 2.73. The van der Waals surface area contributed by atoms with Crippen LogP contribution < -0.4 is 4.74 Å². The van der Waals surface area contributed by atoms with E-state index >= 15 is 0 Å². The zero-order valence-corrected chi connectivity index (χ0v) is 16.0. The topological polar surface area (TPSA) is 58.6 Å². The minimum absolute atomic E-state index is 0.0539. The second kappa shape index (κ2) is 7.64. The number of methoxy groups -OCH3 is 1. The Morgan fingerprint density at radius 3 is 3.04 bits per heavy atom. The number of carbonyl (C=O) groups excluding carboxylic acids is 1. The van der Waals surface area contributed by atoms with Gasteiger partial charge in [0.2, 0.25) is 0 Å². The van der Waals surface area contributed by atoms with Gasteiger partial charge in [0.05, 0.1) is 7.11 Å². The van der Waals surface area contributed by atoms with Crippen molar-refractivity contribution in [1.29, 1.82) is 0 Å². The maximum absolute atomic E-state index is 12.9. The van der Waals surface area contributed by atoms with Gasteiger partial charge in [-0.2, -0.15) is 0 Å². The lowest BCUT2D eigenvalue weighted by molar-refractivity contribution is 0.0704. The summed E-state index contributed by atoms with van der Waals surface area (Å²) < 4.78 is 5.25. The number of amides is 1. The molecule has 0 spiro atoms. The van der Waals surface area contributed by atoms with Crippen LogP contribution in [0.5, 0.6) is 5.75 Å². The molecule has 0 saturated carbocycles. The molecule has 27 heavy (non-hydrogen) atoms. The van der Waals surface area contributed by atoms with Crippen LogP contribution in [0.1, 0.15) is 46.2 Å². The van der Waals surface area contributed by atoms with Gasteiger partial charge in [0.1, 0.15) is 11.6 Å². The molecule has 2 aliphatic rings. The van der Waals surface area contributed by atoms with Crippen LogP contribution in [-0.2, 0) is 13.0 Å². The molecule has 4 rings (SSSR count). The van der Waals surface area contributed by atoms with Gasteiger partial charge in [-0.1, -0.05) is 6.07 Å². The number of piperidine rings is 1. The van der Waals surface area contributed by atoms with E-state index in [9.17, 15) is 4.79 Å². The van der Waals surface area contributed by atoms with Gasteiger partial charge >= 0.3 is 0 Å². The molecule has 0 radical (unpaired) electrons. The number of aromatic nitrogens is 2. The van der Waals surface area contributed by atoms with E-state index in [1.807, 2.05) is 29.3 Å². The lowest BCUT2D eigenvalue weighted by Gasteiger charge is -2.33. The van der Waals surface area contributed by atoms with E-state index in [0.717, 1.165) is 44.7 Å². The molecule has 3 heterocycles. The van der Waals surface area contributed by atoms with Crippen molar-refractivity contribution in [3.63, 3.8) is 0 Å². The van der Waals surface area contributed by atoms with Crippen LogP contribution in [0.3, 0.4) is 0 Å². The van der Waals surface area contributed by atoms with E-state index in [1.165, 1.54) is 11.3 Å². The summed E-state index contributed by atoms with van der Waals surface area (Å²) in [7, 11) is 3.74. The van der Waals surface area contributed by atoms with E-state index in [0.29, 0.717) is 17.9 Å². The van der Waals surface area contributed by atoms with E-state index < -0.39 is 0 Å². The first-order valence-electron chi connectivity index (χ1n) is 9.60. The highest BCUT2D eigenvalue weighted by Gasteiger charge is 2.28. The molecule has 2 aliphatic heterocycles. The monoisotopic (exact) mass is 366 g/mol. The van der Waals surface area contributed by atoms with Crippen molar-refractivity contribution in [2.24, 2.45) is 0 Å². The maximum atomic E-state index is 12.9. The zero-order chi connectivity index (χ0) is 18.8. The summed E-state index contributed by atoms with van der Waals surface area (Å²) in [5, 5.41) is 0. The quantitative estimate of drug-likeness (QED) is 0.835. The first-order chi connectivity index (χ1) is 13.1. The standard InChI is InChI=1S/C21H26N4O2/c1-24-10-8-19-17(13-24)12-22-20(23-19)16-6-4-9-25(14-16)21(26)15-5-3-7-18(11-15)27-2/h3,5,7,11-12,16H,4,6,8-10,13-14H2,1-2H3. The van der Waals surface area contributed by atoms with Crippen LogP contribution in [0, 0.1) is 0 Å². The van der Waals surface area contributed by atoms with Crippen molar-refractivity contribution in [3.05, 3.63) is 53.1 Å². The molecule has 2 aromatic rings. The van der Waals surface area contributed by atoms with E-state index in [2.05, 4.69) is 16.9 Å². The lowest BCUT2D eigenvalue weighted by Crippen LogP contribution is -2.39. The minimum atomic E-state index is 0.0539. The van der Waals surface area contributed by atoms with Crippen molar-refractivity contribution < 1.29 is 9.53 Å². The highest BCUT2D eigenvalue weighted by atomic mass is 16.5. The first-order valence-corrected chi connectivity index (χ1v) is 9.60. The van der Waals surface area contributed by atoms with Gasteiger partial charge in [0.15, 0.2) is 0 Å². The Morgan fingerprint density at radius 1 is 1.30 bits per heavy atom. The minimum Gasteiger partial charge on any atom is -0.497 e.